The van der Waals surface area contributed by atoms with Crippen LogP contribution in [0.25, 0.3) is 11.3 Å². The molecule has 1 aromatic carbocycles. The number of carbonyl (C=O) groups is 2. The maximum Gasteiger partial charge on any atom is 0.274 e. The molecule has 3 aliphatic rings. The van der Waals surface area contributed by atoms with Crippen molar-refractivity contribution >= 4 is 22.9 Å². The van der Waals surface area contributed by atoms with Crippen LogP contribution in [-0.4, -0.2) is 104 Å². The minimum absolute atomic E-state index is 0.00440. The SMILES string of the molecule is CCc1c(C(=O)N2CCOCC2)nn([C@H]2CCCN(CCN3CCCC3=O)C2)c1-c1ccccc1S(=O)O. The summed E-state index contributed by atoms with van der Waals surface area (Å²) in [6.45, 7) is 8.11. The molecule has 0 radical (unpaired) electrons. The summed E-state index contributed by atoms with van der Waals surface area (Å²) < 4.78 is 29.8. The molecular formula is C27H37N5O5S. The summed E-state index contributed by atoms with van der Waals surface area (Å²) in [5.41, 5.74) is 2.61. The molecule has 2 aromatic rings. The second kappa shape index (κ2) is 12.1. The van der Waals surface area contributed by atoms with E-state index < -0.39 is 11.1 Å². The van der Waals surface area contributed by atoms with Crippen LogP contribution < -0.4 is 0 Å². The van der Waals surface area contributed by atoms with E-state index in [1.807, 2.05) is 28.6 Å². The Hall–Kier alpha value is -2.60. The highest BCUT2D eigenvalue weighted by Crippen LogP contribution is 2.36. The molecule has 0 bridgehead atoms. The Labute approximate surface area is 226 Å². The molecule has 0 aliphatic carbocycles. The lowest BCUT2D eigenvalue weighted by Gasteiger charge is -2.34. The number of aromatic nitrogens is 2. The summed E-state index contributed by atoms with van der Waals surface area (Å²) in [4.78, 5) is 32.2. The molecule has 0 spiro atoms. The van der Waals surface area contributed by atoms with Gasteiger partial charge in [-0.3, -0.25) is 19.2 Å². The van der Waals surface area contributed by atoms with Crippen molar-refractivity contribution in [1.82, 2.24) is 24.5 Å². The van der Waals surface area contributed by atoms with Crippen LogP contribution in [0.5, 0.6) is 0 Å². The van der Waals surface area contributed by atoms with Gasteiger partial charge in [0.05, 0.1) is 29.8 Å². The van der Waals surface area contributed by atoms with E-state index in [1.165, 1.54) is 0 Å². The first kappa shape index (κ1) is 27.0. The summed E-state index contributed by atoms with van der Waals surface area (Å²) in [6.07, 6.45) is 4.01. The van der Waals surface area contributed by atoms with Crippen molar-refractivity contribution in [2.75, 3.05) is 59.0 Å². The van der Waals surface area contributed by atoms with Gasteiger partial charge in [0.25, 0.3) is 5.91 Å². The summed E-state index contributed by atoms with van der Waals surface area (Å²) >= 11 is -2.19. The Morgan fingerprint density at radius 3 is 2.63 bits per heavy atom. The predicted molar refractivity (Wildman–Crippen MR) is 143 cm³/mol. The molecule has 3 fully saturated rings. The average Bonchev–Trinajstić information content (AvgIpc) is 3.55. The number of amides is 2. The Kier molecular flexibility index (Phi) is 8.57. The minimum atomic E-state index is -2.19. The predicted octanol–water partition coefficient (Wildman–Crippen LogP) is 2.42. The number of carbonyl (C=O) groups excluding carboxylic acids is 2. The maximum atomic E-state index is 13.7. The Morgan fingerprint density at radius 2 is 1.92 bits per heavy atom. The normalized spacial score (nSPS) is 21.7. The minimum Gasteiger partial charge on any atom is -0.378 e. The zero-order chi connectivity index (χ0) is 26.6. The van der Waals surface area contributed by atoms with Gasteiger partial charge in [0, 0.05) is 56.8 Å². The van der Waals surface area contributed by atoms with Crippen molar-refractivity contribution in [3.05, 3.63) is 35.5 Å². The fourth-order valence-corrected chi connectivity index (χ4v) is 6.44. The summed E-state index contributed by atoms with van der Waals surface area (Å²) in [6, 6.07) is 7.11. The molecule has 2 amide bonds. The number of piperidine rings is 1. The topological polar surface area (TPSA) is 108 Å². The molecule has 5 rings (SSSR count). The number of nitrogens with zero attached hydrogens (tertiary/aromatic N) is 5. The second-order valence-corrected chi connectivity index (χ2v) is 11.1. The van der Waals surface area contributed by atoms with Crippen LogP contribution in [0, 0.1) is 0 Å². The third-order valence-corrected chi connectivity index (χ3v) is 8.61. The van der Waals surface area contributed by atoms with Crippen LogP contribution in [0.1, 0.15) is 54.7 Å². The van der Waals surface area contributed by atoms with Crippen molar-refractivity contribution in [2.45, 2.75) is 50.0 Å². The number of morpholine rings is 1. The van der Waals surface area contributed by atoms with Gasteiger partial charge in [0.1, 0.15) is 0 Å². The molecule has 3 saturated heterocycles. The maximum absolute atomic E-state index is 13.7. The third kappa shape index (κ3) is 5.56. The van der Waals surface area contributed by atoms with Gasteiger partial charge in [-0.2, -0.15) is 5.10 Å². The fraction of sp³-hybridized carbons (Fsp3) is 0.593. The van der Waals surface area contributed by atoms with E-state index in [1.54, 1.807) is 17.0 Å². The smallest absolute Gasteiger partial charge is 0.274 e. The van der Waals surface area contributed by atoms with E-state index in [9.17, 15) is 18.4 Å². The van der Waals surface area contributed by atoms with Crippen LogP contribution in [0.3, 0.4) is 0 Å². The monoisotopic (exact) mass is 543 g/mol. The van der Waals surface area contributed by atoms with Crippen LogP contribution >= 0.6 is 0 Å². The molecule has 1 unspecified atom stereocenters. The molecule has 11 heteroatoms. The molecule has 3 aliphatic heterocycles. The van der Waals surface area contributed by atoms with E-state index in [-0.39, 0.29) is 17.9 Å². The summed E-state index contributed by atoms with van der Waals surface area (Å²) in [7, 11) is 0. The molecule has 10 nitrogen and oxygen atoms in total. The van der Waals surface area contributed by atoms with Gasteiger partial charge in [0.15, 0.2) is 16.8 Å². The Bertz CT molecular complexity index is 1190. The largest absolute Gasteiger partial charge is 0.378 e. The number of hydrogen-bond donors (Lipinski definition) is 1. The van der Waals surface area contributed by atoms with Gasteiger partial charge in [-0.15, -0.1) is 0 Å². The van der Waals surface area contributed by atoms with Crippen molar-refractivity contribution in [2.24, 2.45) is 0 Å². The molecule has 2 atom stereocenters. The quantitative estimate of drug-likeness (QED) is 0.510. The van der Waals surface area contributed by atoms with Gasteiger partial charge in [0.2, 0.25) is 5.91 Å². The number of rotatable bonds is 8. The highest BCUT2D eigenvalue weighted by molar-refractivity contribution is 7.79. The Morgan fingerprint density at radius 1 is 1.13 bits per heavy atom. The first-order valence-electron chi connectivity index (χ1n) is 13.7. The number of benzene rings is 1. The number of ether oxygens (including phenoxy) is 1. The fourth-order valence-electron chi connectivity index (χ4n) is 5.89. The lowest BCUT2D eigenvalue weighted by atomic mass is 10.0. The van der Waals surface area contributed by atoms with E-state index in [4.69, 9.17) is 9.84 Å². The standard InChI is InChI=1S/C27H37N5O5S/c1-2-21-25(27(34)31-15-17-37-18-16-31)28-32(26(21)22-8-3-4-9-23(22)38(35)36)20-7-5-11-29(19-20)13-14-30-12-6-10-24(30)33/h3-4,8-9,20H,2,5-7,10-19H2,1H3,(H,35,36)/t20-/m0/s1. The molecule has 4 heterocycles. The van der Waals surface area contributed by atoms with Crippen molar-refractivity contribution in [3.63, 3.8) is 0 Å². The molecule has 206 valence electrons. The molecule has 0 saturated carbocycles. The first-order valence-corrected chi connectivity index (χ1v) is 14.8. The zero-order valence-corrected chi connectivity index (χ0v) is 22.8. The Balaban J connectivity index is 1.50. The third-order valence-electron chi connectivity index (χ3n) is 7.88. The summed E-state index contributed by atoms with van der Waals surface area (Å²) in [5, 5.41) is 4.95. The molecular weight excluding hydrogens is 506 g/mol. The lowest BCUT2D eigenvalue weighted by molar-refractivity contribution is -0.127. The van der Waals surface area contributed by atoms with Gasteiger partial charge >= 0.3 is 0 Å². The highest BCUT2D eigenvalue weighted by Gasteiger charge is 2.33. The van der Waals surface area contributed by atoms with Crippen molar-refractivity contribution in [1.29, 1.82) is 0 Å². The van der Waals surface area contributed by atoms with Gasteiger partial charge in [-0.1, -0.05) is 25.1 Å². The number of likely N-dealkylation sites (tertiary alicyclic amines) is 2. The lowest BCUT2D eigenvalue weighted by Crippen LogP contribution is -2.42. The molecule has 38 heavy (non-hydrogen) atoms. The van der Waals surface area contributed by atoms with Gasteiger partial charge in [-0.05, 0) is 38.3 Å². The van der Waals surface area contributed by atoms with E-state index in [2.05, 4.69) is 4.90 Å². The van der Waals surface area contributed by atoms with Crippen LogP contribution in [0.4, 0.5) is 0 Å². The van der Waals surface area contributed by atoms with Crippen molar-refractivity contribution in [3.8, 4) is 11.3 Å². The van der Waals surface area contributed by atoms with Gasteiger partial charge in [-0.25, -0.2) is 4.21 Å². The van der Waals surface area contributed by atoms with Crippen LogP contribution in [-0.2, 0) is 27.0 Å². The van der Waals surface area contributed by atoms with E-state index in [0.29, 0.717) is 55.3 Å². The molecule has 1 aromatic heterocycles. The second-order valence-electron chi connectivity index (χ2n) is 10.2. The van der Waals surface area contributed by atoms with Gasteiger partial charge < -0.3 is 19.1 Å². The van der Waals surface area contributed by atoms with Crippen LogP contribution in [0.2, 0.25) is 0 Å². The van der Waals surface area contributed by atoms with Crippen molar-refractivity contribution < 1.29 is 23.1 Å². The number of hydrogen-bond acceptors (Lipinski definition) is 6. The van der Waals surface area contributed by atoms with E-state index >= 15 is 0 Å². The van der Waals surface area contributed by atoms with Crippen LogP contribution in [0.15, 0.2) is 29.2 Å². The average molecular weight is 544 g/mol. The summed E-state index contributed by atoms with van der Waals surface area (Å²) in [5.74, 6) is 0.119. The molecule has 1 N–H and O–H groups in total. The first-order chi connectivity index (χ1) is 18.5. The highest BCUT2D eigenvalue weighted by atomic mass is 32.2. The zero-order valence-electron chi connectivity index (χ0n) is 22.0. The van der Waals surface area contributed by atoms with E-state index in [0.717, 1.165) is 63.2 Å².